The number of rotatable bonds is 7. The lowest BCUT2D eigenvalue weighted by molar-refractivity contribution is 0.285. The molecule has 0 saturated heterocycles. The zero-order valence-electron chi connectivity index (χ0n) is 11.8. The van der Waals surface area contributed by atoms with E-state index >= 15 is 0 Å². The van der Waals surface area contributed by atoms with Crippen molar-refractivity contribution in [2.75, 3.05) is 7.11 Å². The number of halogens is 1. The molecule has 0 amide bonds. The van der Waals surface area contributed by atoms with Gasteiger partial charge in [-0.25, -0.2) is 0 Å². The van der Waals surface area contributed by atoms with Gasteiger partial charge in [-0.05, 0) is 46.5 Å². The number of hydrogen-bond donors (Lipinski definition) is 1. The highest BCUT2D eigenvalue weighted by Gasteiger charge is 2.20. The van der Waals surface area contributed by atoms with Gasteiger partial charge in [0.05, 0.1) is 22.0 Å². The Morgan fingerprint density at radius 2 is 2.29 bits per heavy atom. The molecule has 2 aromatic rings. The monoisotopic (exact) mass is 368 g/mol. The number of methoxy groups -OCH3 is 1. The number of nitrogens with one attached hydrogen (secondary N) is 1. The van der Waals surface area contributed by atoms with Crippen molar-refractivity contribution in [3.63, 3.8) is 0 Å². The molecule has 1 aliphatic rings. The molecule has 0 spiro atoms. The van der Waals surface area contributed by atoms with E-state index in [1.165, 1.54) is 18.4 Å². The molecule has 1 saturated carbocycles. The Kier molecular flexibility index (Phi) is 4.77. The van der Waals surface area contributed by atoms with E-state index in [1.807, 2.05) is 12.3 Å². The van der Waals surface area contributed by atoms with Gasteiger partial charge >= 0.3 is 0 Å². The number of aromatic nitrogens is 1. The molecule has 1 aliphatic carbocycles. The van der Waals surface area contributed by atoms with Crippen molar-refractivity contribution in [1.82, 2.24) is 10.3 Å². The first kappa shape index (κ1) is 14.8. The van der Waals surface area contributed by atoms with E-state index in [1.54, 1.807) is 24.0 Å². The Morgan fingerprint density at radius 3 is 2.95 bits per heavy atom. The Bertz CT molecular complexity index is 600. The molecule has 0 radical (unpaired) electrons. The van der Waals surface area contributed by atoms with E-state index < -0.39 is 0 Å². The van der Waals surface area contributed by atoms with Gasteiger partial charge in [-0.1, -0.05) is 0 Å². The molecule has 1 aromatic carbocycles. The fourth-order valence-corrected chi connectivity index (χ4v) is 3.13. The molecule has 0 aliphatic heterocycles. The average Bonchev–Trinajstić information content (AvgIpc) is 3.17. The highest BCUT2D eigenvalue weighted by atomic mass is 79.9. The maximum absolute atomic E-state index is 5.87. The summed E-state index contributed by atoms with van der Waals surface area (Å²) in [7, 11) is 1.67. The molecular formula is C15H17BrN2O2S. The van der Waals surface area contributed by atoms with E-state index in [9.17, 15) is 0 Å². The van der Waals surface area contributed by atoms with Crippen LogP contribution in [0.4, 0.5) is 0 Å². The predicted octanol–water partition coefficient (Wildman–Crippen LogP) is 3.75. The maximum Gasteiger partial charge on any atom is 0.175 e. The van der Waals surface area contributed by atoms with Gasteiger partial charge < -0.3 is 14.8 Å². The highest BCUT2D eigenvalue weighted by molar-refractivity contribution is 9.10. The molecule has 1 N–H and O–H groups in total. The van der Waals surface area contributed by atoms with Crippen LogP contribution < -0.4 is 14.8 Å². The molecule has 112 valence electrons. The van der Waals surface area contributed by atoms with E-state index in [-0.39, 0.29) is 0 Å². The second-order valence-electron chi connectivity index (χ2n) is 5.02. The van der Waals surface area contributed by atoms with Crippen molar-refractivity contribution >= 4 is 27.3 Å². The molecule has 0 bridgehead atoms. The Balaban J connectivity index is 1.71. The van der Waals surface area contributed by atoms with Crippen molar-refractivity contribution in [2.45, 2.75) is 32.0 Å². The minimum atomic E-state index is 0.499. The molecular weight excluding hydrogens is 352 g/mol. The number of hydrogen-bond acceptors (Lipinski definition) is 5. The lowest BCUT2D eigenvalue weighted by Gasteiger charge is -2.14. The second-order valence-corrected chi connectivity index (χ2v) is 6.85. The fourth-order valence-electron chi connectivity index (χ4n) is 2.02. The quantitative estimate of drug-likeness (QED) is 0.808. The smallest absolute Gasteiger partial charge is 0.175 e. The predicted molar refractivity (Wildman–Crippen MR) is 87.0 cm³/mol. The molecule has 0 atom stereocenters. The number of benzene rings is 1. The summed E-state index contributed by atoms with van der Waals surface area (Å²) in [5, 5.41) is 3.50. The summed E-state index contributed by atoms with van der Waals surface area (Å²) in [6, 6.07) is 4.80. The van der Waals surface area contributed by atoms with Crippen LogP contribution in [0.5, 0.6) is 11.5 Å². The van der Waals surface area contributed by atoms with Gasteiger partial charge in [0, 0.05) is 18.8 Å². The highest BCUT2D eigenvalue weighted by Crippen LogP contribution is 2.37. The number of thiazole rings is 1. The molecule has 1 fully saturated rings. The fraction of sp³-hybridized carbons (Fsp3) is 0.400. The largest absolute Gasteiger partial charge is 0.493 e. The molecule has 6 heteroatoms. The van der Waals surface area contributed by atoms with E-state index in [4.69, 9.17) is 9.47 Å². The average molecular weight is 369 g/mol. The van der Waals surface area contributed by atoms with Gasteiger partial charge in [0.1, 0.15) is 6.61 Å². The van der Waals surface area contributed by atoms with Crippen LogP contribution in [0.2, 0.25) is 0 Å². The van der Waals surface area contributed by atoms with Crippen LogP contribution in [-0.2, 0) is 13.2 Å². The van der Waals surface area contributed by atoms with Crippen LogP contribution in [-0.4, -0.2) is 18.1 Å². The van der Waals surface area contributed by atoms with E-state index in [0.29, 0.717) is 12.6 Å². The van der Waals surface area contributed by atoms with Gasteiger partial charge in [0.15, 0.2) is 11.5 Å². The van der Waals surface area contributed by atoms with Gasteiger partial charge in [-0.15, -0.1) is 11.3 Å². The lowest BCUT2D eigenvalue weighted by Crippen LogP contribution is -2.15. The maximum atomic E-state index is 5.87. The molecule has 0 unspecified atom stereocenters. The molecule has 4 nitrogen and oxygen atoms in total. The number of nitrogens with zero attached hydrogens (tertiary/aromatic N) is 1. The van der Waals surface area contributed by atoms with Crippen LogP contribution in [0.1, 0.15) is 23.3 Å². The molecule has 1 aromatic heterocycles. The molecule has 1 heterocycles. The summed E-state index contributed by atoms with van der Waals surface area (Å²) in [4.78, 5) is 5.13. The first-order chi connectivity index (χ1) is 10.3. The van der Waals surface area contributed by atoms with Crippen molar-refractivity contribution in [3.05, 3.63) is 38.8 Å². The Labute approximate surface area is 136 Å². The van der Waals surface area contributed by atoms with Crippen molar-refractivity contribution in [1.29, 1.82) is 0 Å². The second kappa shape index (κ2) is 6.77. The van der Waals surface area contributed by atoms with Gasteiger partial charge in [0.2, 0.25) is 0 Å². The lowest BCUT2D eigenvalue weighted by atomic mass is 10.2. The summed E-state index contributed by atoms with van der Waals surface area (Å²) >= 11 is 5.16. The molecule has 3 rings (SSSR count). The summed E-state index contributed by atoms with van der Waals surface area (Å²) in [6.07, 6.45) is 4.39. The van der Waals surface area contributed by atoms with Crippen molar-refractivity contribution in [3.8, 4) is 11.5 Å². The summed E-state index contributed by atoms with van der Waals surface area (Å²) < 4.78 is 12.3. The Hall–Kier alpha value is -1.11. The topological polar surface area (TPSA) is 43.4 Å². The van der Waals surface area contributed by atoms with Crippen LogP contribution in [0.25, 0.3) is 0 Å². The van der Waals surface area contributed by atoms with E-state index in [2.05, 4.69) is 32.3 Å². The minimum Gasteiger partial charge on any atom is -0.493 e. The van der Waals surface area contributed by atoms with E-state index in [0.717, 1.165) is 27.4 Å². The van der Waals surface area contributed by atoms with Crippen LogP contribution in [0, 0.1) is 0 Å². The summed E-state index contributed by atoms with van der Waals surface area (Å²) in [5.41, 5.74) is 2.99. The van der Waals surface area contributed by atoms with Gasteiger partial charge in [-0.3, -0.25) is 4.98 Å². The zero-order valence-corrected chi connectivity index (χ0v) is 14.2. The third-order valence-corrected chi connectivity index (χ3v) is 4.65. The van der Waals surface area contributed by atoms with Crippen LogP contribution in [0.15, 0.2) is 28.3 Å². The van der Waals surface area contributed by atoms with Gasteiger partial charge in [-0.2, -0.15) is 0 Å². The zero-order chi connectivity index (χ0) is 14.7. The normalized spacial score (nSPS) is 14.2. The minimum absolute atomic E-state index is 0.499. The van der Waals surface area contributed by atoms with Crippen LogP contribution in [0.3, 0.4) is 0 Å². The summed E-state index contributed by atoms with van der Waals surface area (Å²) in [5.74, 6) is 1.49. The summed E-state index contributed by atoms with van der Waals surface area (Å²) in [6.45, 7) is 1.36. The van der Waals surface area contributed by atoms with Crippen molar-refractivity contribution in [2.24, 2.45) is 0 Å². The number of ether oxygens (including phenoxy) is 2. The van der Waals surface area contributed by atoms with Gasteiger partial charge in [0.25, 0.3) is 0 Å². The Morgan fingerprint density at radius 1 is 1.43 bits per heavy atom. The standard InChI is InChI=1S/C15H17BrN2O2S/c1-19-14-5-10(6-18-11-2-3-11)4-13(16)15(14)20-8-12-7-17-9-21-12/h4-5,7,9,11,18H,2-3,6,8H2,1H3. The van der Waals surface area contributed by atoms with Crippen LogP contribution >= 0.6 is 27.3 Å². The first-order valence-electron chi connectivity index (χ1n) is 6.86. The molecule has 21 heavy (non-hydrogen) atoms. The van der Waals surface area contributed by atoms with Crippen molar-refractivity contribution < 1.29 is 9.47 Å². The first-order valence-corrected chi connectivity index (χ1v) is 8.53. The third kappa shape index (κ3) is 3.96. The third-order valence-electron chi connectivity index (χ3n) is 3.30. The SMILES string of the molecule is COc1cc(CNC2CC2)cc(Br)c1OCc1cncs1.